The minimum absolute atomic E-state index is 0.0477. The lowest BCUT2D eigenvalue weighted by Crippen LogP contribution is -2.40. The third kappa shape index (κ3) is 3.57. The molecule has 1 aliphatic heterocycles. The van der Waals surface area contributed by atoms with Gasteiger partial charge in [0.05, 0.1) is 0 Å². The van der Waals surface area contributed by atoms with Crippen LogP contribution in [0.5, 0.6) is 0 Å². The fourth-order valence-electron chi connectivity index (χ4n) is 1.05. The van der Waals surface area contributed by atoms with Crippen molar-refractivity contribution in [1.29, 1.82) is 0 Å². The maximum absolute atomic E-state index is 10.7. The average Bonchev–Trinajstić information content (AvgIpc) is 2.61. The molecule has 0 saturated carbocycles. The Hall–Kier alpha value is -1.59. The molecule has 84 valence electrons. The molecule has 0 aromatic heterocycles. The number of hydrogen-bond acceptors (Lipinski definition) is 6. The van der Waals surface area contributed by atoms with E-state index in [9.17, 15) is 9.59 Å². The van der Waals surface area contributed by atoms with E-state index in [1.807, 2.05) is 0 Å². The van der Waals surface area contributed by atoms with E-state index in [1.54, 1.807) is 0 Å². The Morgan fingerprint density at radius 1 is 1.33 bits per heavy atom. The zero-order valence-electron chi connectivity index (χ0n) is 8.69. The number of ether oxygens (including phenoxy) is 3. The van der Waals surface area contributed by atoms with Gasteiger partial charge < -0.3 is 14.2 Å². The Bertz CT molecular complexity index is 268. The lowest BCUT2D eigenvalue weighted by molar-refractivity contribution is -0.147. The second kappa shape index (κ2) is 4.77. The van der Waals surface area contributed by atoms with Crippen LogP contribution in [0.15, 0.2) is 4.99 Å². The molecule has 0 saturated heterocycles. The number of rotatable bonds is 4. The zero-order valence-corrected chi connectivity index (χ0v) is 8.69. The molecule has 1 heterocycles. The zero-order chi connectivity index (χ0) is 11.3. The van der Waals surface area contributed by atoms with Gasteiger partial charge in [0.15, 0.2) is 11.9 Å². The van der Waals surface area contributed by atoms with Crippen LogP contribution in [-0.4, -0.2) is 43.7 Å². The largest absolute Gasteiger partial charge is 0.481 e. The third-order valence-corrected chi connectivity index (χ3v) is 1.84. The van der Waals surface area contributed by atoms with E-state index in [2.05, 4.69) is 4.99 Å². The minimum Gasteiger partial charge on any atom is -0.481 e. The first kappa shape index (κ1) is 11.5. The van der Waals surface area contributed by atoms with Crippen LogP contribution in [-0.2, 0) is 23.8 Å². The molecule has 0 amide bonds. The van der Waals surface area contributed by atoms with Crippen LogP contribution in [0.2, 0.25) is 0 Å². The Labute approximate surface area is 87.2 Å². The molecular weight excluding hydrogens is 202 g/mol. The lowest BCUT2D eigenvalue weighted by Gasteiger charge is -2.22. The highest BCUT2D eigenvalue weighted by Crippen LogP contribution is 2.17. The van der Waals surface area contributed by atoms with Gasteiger partial charge in [0, 0.05) is 13.8 Å². The molecule has 0 unspecified atom stereocenters. The molecule has 15 heavy (non-hydrogen) atoms. The van der Waals surface area contributed by atoms with Crippen molar-refractivity contribution in [2.75, 3.05) is 19.8 Å². The fraction of sp³-hybridized carbons (Fsp3) is 0.667. The quantitative estimate of drug-likeness (QED) is 0.613. The van der Waals surface area contributed by atoms with Crippen LogP contribution in [0, 0.1) is 0 Å². The first-order valence-electron chi connectivity index (χ1n) is 4.46. The second-order valence-electron chi connectivity index (χ2n) is 3.33. The first-order chi connectivity index (χ1) is 7.04. The summed E-state index contributed by atoms with van der Waals surface area (Å²) in [6, 6.07) is 0. The van der Waals surface area contributed by atoms with E-state index >= 15 is 0 Å². The molecule has 0 spiro atoms. The minimum atomic E-state index is -0.780. The van der Waals surface area contributed by atoms with E-state index < -0.39 is 17.5 Å². The van der Waals surface area contributed by atoms with Crippen LogP contribution in [0.4, 0.5) is 0 Å². The van der Waals surface area contributed by atoms with Gasteiger partial charge in [-0.15, -0.1) is 0 Å². The average molecular weight is 215 g/mol. The monoisotopic (exact) mass is 215 g/mol. The molecule has 6 heteroatoms. The van der Waals surface area contributed by atoms with Gasteiger partial charge >= 0.3 is 11.9 Å². The summed E-state index contributed by atoms with van der Waals surface area (Å²) in [6.07, 6.45) is 1.27. The van der Waals surface area contributed by atoms with Crippen molar-refractivity contribution in [3.63, 3.8) is 0 Å². The van der Waals surface area contributed by atoms with Crippen LogP contribution >= 0.6 is 0 Å². The molecule has 0 aromatic carbocycles. The number of nitrogens with zero attached hydrogens (tertiary/aromatic N) is 1. The molecule has 0 aliphatic carbocycles. The molecule has 0 bridgehead atoms. The van der Waals surface area contributed by atoms with Gasteiger partial charge in [-0.2, -0.15) is 0 Å². The molecule has 6 nitrogen and oxygen atoms in total. The summed E-state index contributed by atoms with van der Waals surface area (Å²) < 4.78 is 14.6. The van der Waals surface area contributed by atoms with Crippen LogP contribution in [0.1, 0.15) is 13.8 Å². The maximum Gasteiger partial charge on any atom is 0.302 e. The van der Waals surface area contributed by atoms with Crippen molar-refractivity contribution >= 4 is 18.3 Å². The smallest absolute Gasteiger partial charge is 0.302 e. The number of aliphatic imine (C=N–C) groups is 1. The molecule has 0 fully saturated rings. The summed E-state index contributed by atoms with van der Waals surface area (Å²) in [4.78, 5) is 25.3. The molecule has 1 aliphatic rings. The van der Waals surface area contributed by atoms with E-state index in [1.165, 1.54) is 20.2 Å². The molecular formula is C9H13NO5. The Morgan fingerprint density at radius 2 is 1.87 bits per heavy atom. The van der Waals surface area contributed by atoms with E-state index in [4.69, 9.17) is 14.2 Å². The number of carbonyl (C=O) groups excluding carboxylic acids is 2. The summed E-state index contributed by atoms with van der Waals surface area (Å²) in [6.45, 7) is 2.95. The molecule has 0 aromatic rings. The topological polar surface area (TPSA) is 74.2 Å². The Kier molecular flexibility index (Phi) is 3.65. The number of hydrogen-bond donors (Lipinski definition) is 0. The second-order valence-corrected chi connectivity index (χ2v) is 3.33. The highest BCUT2D eigenvalue weighted by molar-refractivity contribution is 5.66. The third-order valence-electron chi connectivity index (χ3n) is 1.84. The summed E-state index contributed by atoms with van der Waals surface area (Å²) >= 11 is 0. The van der Waals surface area contributed by atoms with Gasteiger partial charge in [-0.3, -0.25) is 9.59 Å². The summed E-state index contributed by atoms with van der Waals surface area (Å²) in [7, 11) is 0. The summed E-state index contributed by atoms with van der Waals surface area (Å²) in [5.41, 5.74) is -0.780. The molecule has 1 rings (SSSR count). The van der Waals surface area contributed by atoms with Gasteiger partial charge in [0.25, 0.3) is 0 Å². The fourth-order valence-corrected chi connectivity index (χ4v) is 1.05. The Morgan fingerprint density at radius 3 is 2.20 bits per heavy atom. The predicted molar refractivity (Wildman–Crippen MR) is 50.4 cm³/mol. The van der Waals surface area contributed by atoms with Crippen LogP contribution < -0.4 is 0 Å². The number of esters is 2. The van der Waals surface area contributed by atoms with Crippen molar-refractivity contribution in [3.05, 3.63) is 0 Å². The normalized spacial score (nSPS) is 16.9. The van der Waals surface area contributed by atoms with Gasteiger partial charge in [-0.1, -0.05) is 0 Å². The highest BCUT2D eigenvalue weighted by atomic mass is 16.6. The molecule has 0 atom stereocenters. The van der Waals surface area contributed by atoms with Crippen molar-refractivity contribution in [3.8, 4) is 0 Å². The van der Waals surface area contributed by atoms with E-state index in [-0.39, 0.29) is 19.8 Å². The van der Waals surface area contributed by atoms with Crippen molar-refractivity contribution in [2.45, 2.75) is 19.4 Å². The summed E-state index contributed by atoms with van der Waals surface area (Å²) in [5, 5.41) is 0. The highest BCUT2D eigenvalue weighted by Gasteiger charge is 2.36. The van der Waals surface area contributed by atoms with Crippen LogP contribution in [0.3, 0.4) is 0 Å². The van der Waals surface area contributed by atoms with Crippen molar-refractivity contribution in [2.24, 2.45) is 4.99 Å². The predicted octanol–water partition coefficient (Wildman–Crippen LogP) is -0.0901. The number of carbonyl (C=O) groups is 2. The Balaban J connectivity index is 2.50. The molecule has 0 N–H and O–H groups in total. The van der Waals surface area contributed by atoms with E-state index in [0.717, 1.165) is 0 Å². The summed E-state index contributed by atoms with van der Waals surface area (Å²) in [5.74, 6) is -0.807. The van der Waals surface area contributed by atoms with Gasteiger partial charge in [-0.05, 0) is 0 Å². The van der Waals surface area contributed by atoms with Gasteiger partial charge in [-0.25, -0.2) is 4.99 Å². The van der Waals surface area contributed by atoms with Gasteiger partial charge in [0.2, 0.25) is 0 Å². The van der Waals surface area contributed by atoms with Crippen LogP contribution in [0.25, 0.3) is 0 Å². The first-order valence-corrected chi connectivity index (χ1v) is 4.46. The molecule has 0 radical (unpaired) electrons. The lowest BCUT2D eigenvalue weighted by atomic mass is 10.1. The standard InChI is InChI=1S/C9H13NO5/c1-7(11)14-4-9(3-13-6-10-9)5-15-8(2)12/h6H,3-5H2,1-2H3. The van der Waals surface area contributed by atoms with Crippen molar-refractivity contribution in [1.82, 2.24) is 0 Å². The van der Waals surface area contributed by atoms with Gasteiger partial charge in [0.1, 0.15) is 19.8 Å². The SMILES string of the molecule is CC(=O)OCC1(COC(C)=O)COC=N1. The van der Waals surface area contributed by atoms with E-state index in [0.29, 0.717) is 0 Å². The van der Waals surface area contributed by atoms with Crippen molar-refractivity contribution < 1.29 is 23.8 Å². The maximum atomic E-state index is 10.7.